The van der Waals surface area contributed by atoms with Gasteiger partial charge in [-0.3, -0.25) is 4.79 Å². The number of pyridine rings is 1. The molecule has 11 heteroatoms. The second-order valence-electron chi connectivity index (χ2n) is 8.62. The number of thiophene rings is 1. The highest BCUT2D eigenvalue weighted by atomic mass is 32.2. The number of amides is 1. The number of anilines is 1. The van der Waals surface area contributed by atoms with Crippen LogP contribution in [0.3, 0.4) is 0 Å². The Labute approximate surface area is 196 Å². The van der Waals surface area contributed by atoms with Gasteiger partial charge in [0, 0.05) is 30.1 Å². The van der Waals surface area contributed by atoms with Crippen molar-refractivity contribution in [2.75, 3.05) is 18.4 Å². The summed E-state index contributed by atoms with van der Waals surface area (Å²) in [6, 6.07) is 5.30. The van der Waals surface area contributed by atoms with Crippen molar-refractivity contribution < 1.29 is 17.7 Å². The number of aromatic nitrogens is 3. The number of hydrogen-bond donors (Lipinski definition) is 1. The lowest BCUT2D eigenvalue weighted by Crippen LogP contribution is -2.43. The maximum atomic E-state index is 13.5. The smallest absolute Gasteiger partial charge is 0.244 e. The molecule has 9 nitrogen and oxygen atoms in total. The Kier molecular flexibility index (Phi) is 5.79. The summed E-state index contributed by atoms with van der Waals surface area (Å²) in [5.41, 5.74) is 0.860. The van der Waals surface area contributed by atoms with Crippen LogP contribution in [0.5, 0.6) is 0 Å². The number of carbonyl (C=O) groups excluding carboxylic acids is 1. The van der Waals surface area contributed by atoms with Crippen LogP contribution in [0.4, 0.5) is 5.82 Å². The fourth-order valence-corrected chi connectivity index (χ4v) is 7.02. The highest BCUT2D eigenvalue weighted by Gasteiger charge is 2.36. The fraction of sp³-hybridized carbons (Fsp3) is 0.455. The Morgan fingerprint density at radius 2 is 2.09 bits per heavy atom. The van der Waals surface area contributed by atoms with E-state index in [9.17, 15) is 13.2 Å². The molecular formula is C22H25N5O4S2. The minimum atomic E-state index is -3.76. The van der Waals surface area contributed by atoms with E-state index < -0.39 is 15.9 Å². The van der Waals surface area contributed by atoms with Crippen molar-refractivity contribution in [1.82, 2.24) is 19.4 Å². The van der Waals surface area contributed by atoms with Crippen molar-refractivity contribution in [3.63, 3.8) is 0 Å². The molecule has 1 saturated heterocycles. The SMILES string of the molecule is Cc1cccnc1NC(=O)[C@H]1CCCN(S(=O)(=O)c2cc(-c3noc(C4CC4)n3)sc2C)C1. The Hall–Kier alpha value is -2.63. The molecule has 1 aliphatic heterocycles. The molecule has 0 aromatic carbocycles. The first-order valence-electron chi connectivity index (χ1n) is 11.0. The lowest BCUT2D eigenvalue weighted by molar-refractivity contribution is -0.120. The Morgan fingerprint density at radius 3 is 2.85 bits per heavy atom. The van der Waals surface area contributed by atoms with Gasteiger partial charge < -0.3 is 9.84 Å². The molecular weight excluding hydrogens is 462 g/mol. The molecule has 0 bridgehead atoms. The molecule has 1 atom stereocenters. The molecule has 2 aliphatic rings. The van der Waals surface area contributed by atoms with E-state index in [0.29, 0.717) is 52.6 Å². The fourth-order valence-electron chi connectivity index (χ4n) is 4.01. The van der Waals surface area contributed by atoms with Crippen molar-refractivity contribution in [3.05, 3.63) is 40.7 Å². The van der Waals surface area contributed by atoms with Crippen LogP contribution in [-0.2, 0) is 14.8 Å². The van der Waals surface area contributed by atoms with Crippen LogP contribution in [0.15, 0.2) is 33.8 Å². The van der Waals surface area contributed by atoms with Gasteiger partial charge in [-0.15, -0.1) is 11.3 Å². The van der Waals surface area contributed by atoms with Gasteiger partial charge in [0.2, 0.25) is 27.6 Å². The van der Waals surface area contributed by atoms with E-state index in [1.165, 1.54) is 15.6 Å². The summed E-state index contributed by atoms with van der Waals surface area (Å²) < 4.78 is 33.7. The van der Waals surface area contributed by atoms with Gasteiger partial charge in [-0.1, -0.05) is 11.2 Å². The molecule has 0 radical (unpaired) electrons. The molecule has 0 spiro atoms. The number of hydrogen-bond acceptors (Lipinski definition) is 8. The van der Waals surface area contributed by atoms with Crippen LogP contribution < -0.4 is 5.32 Å². The van der Waals surface area contributed by atoms with Crippen LogP contribution >= 0.6 is 11.3 Å². The molecule has 33 heavy (non-hydrogen) atoms. The van der Waals surface area contributed by atoms with E-state index in [0.717, 1.165) is 18.4 Å². The van der Waals surface area contributed by atoms with E-state index in [1.807, 2.05) is 13.0 Å². The number of piperidine rings is 1. The second-order valence-corrected chi connectivity index (χ2v) is 11.8. The van der Waals surface area contributed by atoms with Crippen LogP contribution in [0.1, 0.15) is 47.9 Å². The van der Waals surface area contributed by atoms with Gasteiger partial charge in [0.25, 0.3) is 0 Å². The number of rotatable bonds is 6. The maximum absolute atomic E-state index is 13.5. The molecule has 1 amide bonds. The van der Waals surface area contributed by atoms with Crippen LogP contribution in [-0.4, -0.2) is 46.8 Å². The van der Waals surface area contributed by atoms with Gasteiger partial charge in [0.15, 0.2) is 0 Å². The minimum absolute atomic E-state index is 0.138. The van der Waals surface area contributed by atoms with E-state index in [2.05, 4.69) is 20.4 Å². The second kappa shape index (κ2) is 8.62. The molecule has 174 valence electrons. The number of aryl methyl sites for hydroxylation is 2. The predicted molar refractivity (Wildman–Crippen MR) is 123 cm³/mol. The standard InChI is InChI=1S/C22H25N5O4S2/c1-13-5-3-9-23-19(13)24-21(28)16-6-4-10-27(12-16)33(29,30)18-11-17(32-14(18)2)20-25-22(31-26-20)15-7-8-15/h3,5,9,11,15-16H,4,6-8,10,12H2,1-2H3,(H,23,24,28)/t16-/m0/s1. The molecule has 3 aromatic rings. The maximum Gasteiger partial charge on any atom is 0.244 e. The number of nitrogens with zero attached hydrogens (tertiary/aromatic N) is 4. The number of nitrogens with one attached hydrogen (secondary N) is 1. The Bertz CT molecular complexity index is 1300. The zero-order valence-corrected chi connectivity index (χ0v) is 20.1. The monoisotopic (exact) mass is 487 g/mol. The molecule has 3 aromatic heterocycles. The highest BCUT2D eigenvalue weighted by molar-refractivity contribution is 7.89. The van der Waals surface area contributed by atoms with Gasteiger partial charge in [-0.25, -0.2) is 13.4 Å². The van der Waals surface area contributed by atoms with Gasteiger partial charge in [0.1, 0.15) is 5.82 Å². The van der Waals surface area contributed by atoms with Crippen molar-refractivity contribution in [2.45, 2.75) is 50.3 Å². The average molecular weight is 488 g/mol. The highest BCUT2D eigenvalue weighted by Crippen LogP contribution is 2.41. The van der Waals surface area contributed by atoms with Gasteiger partial charge >= 0.3 is 0 Å². The van der Waals surface area contributed by atoms with Crippen molar-refractivity contribution in [2.24, 2.45) is 5.92 Å². The van der Waals surface area contributed by atoms with Crippen LogP contribution in [0.25, 0.3) is 10.7 Å². The first-order chi connectivity index (χ1) is 15.8. The van der Waals surface area contributed by atoms with Crippen molar-refractivity contribution >= 4 is 33.1 Å². The van der Waals surface area contributed by atoms with Crippen molar-refractivity contribution in [3.8, 4) is 10.7 Å². The average Bonchev–Trinajstić information content (AvgIpc) is 3.39. The summed E-state index contributed by atoms with van der Waals surface area (Å²) in [7, 11) is -3.76. The van der Waals surface area contributed by atoms with E-state index in [4.69, 9.17) is 4.52 Å². The van der Waals surface area contributed by atoms with Crippen LogP contribution in [0, 0.1) is 19.8 Å². The van der Waals surface area contributed by atoms with E-state index in [1.54, 1.807) is 25.3 Å². The lowest BCUT2D eigenvalue weighted by Gasteiger charge is -2.31. The summed E-state index contributed by atoms with van der Waals surface area (Å²) in [6.07, 6.45) is 4.96. The molecule has 2 fully saturated rings. The quantitative estimate of drug-likeness (QED) is 0.563. The topological polar surface area (TPSA) is 118 Å². The first kappa shape index (κ1) is 22.2. The predicted octanol–water partition coefficient (Wildman–Crippen LogP) is 3.73. The molecule has 1 N–H and O–H groups in total. The molecule has 4 heterocycles. The summed E-state index contributed by atoms with van der Waals surface area (Å²) in [6.45, 7) is 4.17. The number of sulfonamides is 1. The first-order valence-corrected chi connectivity index (χ1v) is 13.3. The van der Waals surface area contributed by atoms with Gasteiger partial charge in [-0.2, -0.15) is 9.29 Å². The molecule has 1 aliphatic carbocycles. The van der Waals surface area contributed by atoms with E-state index >= 15 is 0 Å². The summed E-state index contributed by atoms with van der Waals surface area (Å²) in [5.74, 6) is 1.24. The number of carbonyl (C=O) groups is 1. The Balaban J connectivity index is 1.33. The summed E-state index contributed by atoms with van der Waals surface area (Å²) in [4.78, 5) is 23.1. The molecule has 5 rings (SSSR count). The third-order valence-electron chi connectivity index (χ3n) is 6.08. The third kappa shape index (κ3) is 4.44. The summed E-state index contributed by atoms with van der Waals surface area (Å²) in [5, 5.41) is 6.88. The molecule has 0 unspecified atom stereocenters. The summed E-state index contributed by atoms with van der Waals surface area (Å²) >= 11 is 1.34. The van der Waals surface area contributed by atoms with Crippen LogP contribution in [0.2, 0.25) is 0 Å². The normalized spacial score (nSPS) is 19.5. The minimum Gasteiger partial charge on any atom is -0.339 e. The van der Waals surface area contributed by atoms with E-state index in [-0.39, 0.29) is 17.3 Å². The zero-order chi connectivity index (χ0) is 23.2. The van der Waals surface area contributed by atoms with Gasteiger partial charge in [0.05, 0.1) is 15.7 Å². The largest absolute Gasteiger partial charge is 0.339 e. The molecule has 1 saturated carbocycles. The third-order valence-corrected chi connectivity index (χ3v) is 9.25. The van der Waals surface area contributed by atoms with Gasteiger partial charge in [-0.05, 0) is 57.2 Å². The zero-order valence-electron chi connectivity index (χ0n) is 18.4. The Morgan fingerprint density at radius 1 is 1.27 bits per heavy atom. The lowest BCUT2D eigenvalue weighted by atomic mass is 9.99. The van der Waals surface area contributed by atoms with Crippen molar-refractivity contribution in [1.29, 1.82) is 0 Å².